The zero-order valence-electron chi connectivity index (χ0n) is 12.8. The molecule has 24 heavy (non-hydrogen) atoms. The van der Waals surface area contributed by atoms with E-state index in [9.17, 15) is 10.1 Å². The number of Topliss-reactive ketones (excluding diaryl/α,β-unsaturated/α-hetero) is 1. The van der Waals surface area contributed by atoms with Gasteiger partial charge in [-0.1, -0.05) is 17.7 Å². The van der Waals surface area contributed by atoms with Crippen LogP contribution in [0.5, 0.6) is 0 Å². The standard InChI is InChI=1S/C17H14ClN5O/c18-15-3-2-11-8-14(24)13(9-19)17(16(11)21-15)22-7-4-12(10-22)23-6-1-5-20-23/h1-3,5-6,12H,4,7-8,10H2/t12-/m1/s1. The van der Waals surface area contributed by atoms with Crippen molar-refractivity contribution < 1.29 is 4.79 Å². The smallest absolute Gasteiger partial charge is 0.180 e. The Morgan fingerprint density at radius 1 is 1.38 bits per heavy atom. The zero-order chi connectivity index (χ0) is 16.7. The number of nitriles is 1. The molecular formula is C17H14ClN5O. The summed E-state index contributed by atoms with van der Waals surface area (Å²) in [6.45, 7) is 1.43. The van der Waals surface area contributed by atoms with E-state index in [2.05, 4.69) is 21.1 Å². The van der Waals surface area contributed by atoms with Crippen LogP contribution in [0.25, 0.3) is 5.70 Å². The van der Waals surface area contributed by atoms with E-state index in [1.54, 1.807) is 12.3 Å². The van der Waals surface area contributed by atoms with Crippen LogP contribution >= 0.6 is 11.6 Å². The van der Waals surface area contributed by atoms with E-state index in [-0.39, 0.29) is 23.8 Å². The number of fused-ring (bicyclic) bond motifs is 1. The first kappa shape index (κ1) is 14.9. The Labute approximate surface area is 144 Å². The molecule has 2 aromatic heterocycles. The minimum atomic E-state index is -0.160. The van der Waals surface area contributed by atoms with E-state index in [1.807, 2.05) is 23.0 Å². The van der Waals surface area contributed by atoms with Crippen LogP contribution < -0.4 is 0 Å². The SMILES string of the molecule is N#CC1=C(N2CC[C@@H](n3cccn3)C2)c2nc(Cl)ccc2CC1=O. The second-order valence-corrected chi connectivity index (χ2v) is 6.34. The van der Waals surface area contributed by atoms with Crippen molar-refractivity contribution in [2.45, 2.75) is 18.9 Å². The largest absolute Gasteiger partial charge is 0.366 e. The van der Waals surface area contributed by atoms with Crippen molar-refractivity contribution in [2.24, 2.45) is 0 Å². The maximum atomic E-state index is 12.4. The summed E-state index contributed by atoms with van der Waals surface area (Å²) in [5, 5.41) is 14.2. The fraction of sp³-hybridized carbons (Fsp3) is 0.294. The molecule has 2 aromatic rings. The summed E-state index contributed by atoms with van der Waals surface area (Å²) in [4.78, 5) is 18.8. The number of hydrogen-bond acceptors (Lipinski definition) is 5. The zero-order valence-corrected chi connectivity index (χ0v) is 13.6. The Hall–Kier alpha value is -2.65. The quantitative estimate of drug-likeness (QED) is 0.784. The van der Waals surface area contributed by atoms with E-state index in [1.165, 1.54) is 0 Å². The van der Waals surface area contributed by atoms with Gasteiger partial charge in [-0.15, -0.1) is 0 Å². The predicted molar refractivity (Wildman–Crippen MR) is 87.9 cm³/mol. The highest BCUT2D eigenvalue weighted by atomic mass is 35.5. The van der Waals surface area contributed by atoms with Gasteiger partial charge in [0.05, 0.1) is 17.4 Å². The summed E-state index contributed by atoms with van der Waals surface area (Å²) < 4.78 is 1.92. The highest BCUT2D eigenvalue weighted by Gasteiger charge is 2.34. The molecule has 120 valence electrons. The number of halogens is 1. The first-order valence-electron chi connectivity index (χ1n) is 7.75. The molecule has 3 heterocycles. The Balaban J connectivity index is 1.76. The maximum absolute atomic E-state index is 12.4. The number of aromatic nitrogens is 3. The van der Waals surface area contributed by atoms with E-state index >= 15 is 0 Å². The van der Waals surface area contributed by atoms with Gasteiger partial charge in [-0.2, -0.15) is 10.4 Å². The van der Waals surface area contributed by atoms with Crippen LogP contribution in [-0.2, 0) is 11.2 Å². The number of carbonyl (C=O) groups is 1. The van der Waals surface area contributed by atoms with Gasteiger partial charge in [0.25, 0.3) is 0 Å². The molecule has 1 atom stereocenters. The summed E-state index contributed by atoms with van der Waals surface area (Å²) in [6.07, 6.45) is 4.78. The molecule has 2 aliphatic rings. The first-order chi connectivity index (χ1) is 11.7. The molecule has 1 saturated heterocycles. The van der Waals surface area contributed by atoms with Crippen LogP contribution in [-0.4, -0.2) is 38.5 Å². The van der Waals surface area contributed by atoms with Crippen LogP contribution in [0.1, 0.15) is 23.7 Å². The van der Waals surface area contributed by atoms with Gasteiger partial charge in [-0.25, -0.2) is 4.98 Å². The van der Waals surface area contributed by atoms with Gasteiger partial charge in [-0.05, 0) is 24.1 Å². The van der Waals surface area contributed by atoms with Crippen molar-refractivity contribution in [3.05, 3.63) is 52.6 Å². The minimum Gasteiger partial charge on any atom is -0.366 e. The van der Waals surface area contributed by atoms with Crippen molar-refractivity contribution in [1.29, 1.82) is 5.26 Å². The molecule has 0 spiro atoms. The third-order valence-electron chi connectivity index (χ3n) is 4.53. The van der Waals surface area contributed by atoms with Crippen LogP contribution in [0.15, 0.2) is 36.2 Å². The molecule has 0 aromatic carbocycles. The van der Waals surface area contributed by atoms with E-state index < -0.39 is 0 Å². The highest BCUT2D eigenvalue weighted by Crippen LogP contribution is 2.35. The van der Waals surface area contributed by atoms with Crippen molar-refractivity contribution in [2.75, 3.05) is 13.1 Å². The van der Waals surface area contributed by atoms with Crippen LogP contribution in [0.3, 0.4) is 0 Å². The lowest BCUT2D eigenvalue weighted by molar-refractivity contribution is -0.114. The van der Waals surface area contributed by atoms with Gasteiger partial charge in [0.15, 0.2) is 5.78 Å². The second-order valence-electron chi connectivity index (χ2n) is 5.95. The molecule has 0 amide bonds. The van der Waals surface area contributed by atoms with Gasteiger partial charge in [0.2, 0.25) is 0 Å². The fourth-order valence-electron chi connectivity index (χ4n) is 3.40. The van der Waals surface area contributed by atoms with E-state index in [0.717, 1.165) is 18.5 Å². The van der Waals surface area contributed by atoms with Gasteiger partial charge in [0, 0.05) is 31.9 Å². The van der Waals surface area contributed by atoms with E-state index in [4.69, 9.17) is 11.6 Å². The lowest BCUT2D eigenvalue weighted by atomic mass is 9.92. The Morgan fingerprint density at radius 3 is 3.00 bits per heavy atom. The molecule has 6 nitrogen and oxygen atoms in total. The van der Waals surface area contributed by atoms with Gasteiger partial charge in [0.1, 0.15) is 16.8 Å². The Bertz CT molecular complexity index is 881. The summed E-state index contributed by atoms with van der Waals surface area (Å²) >= 11 is 6.05. The molecule has 0 radical (unpaired) electrons. The maximum Gasteiger partial charge on any atom is 0.180 e. The highest BCUT2D eigenvalue weighted by molar-refractivity contribution is 6.29. The molecule has 0 saturated carbocycles. The average Bonchev–Trinajstić information content (AvgIpc) is 3.25. The molecule has 0 bridgehead atoms. The molecular weight excluding hydrogens is 326 g/mol. The minimum absolute atomic E-state index is 0.160. The van der Waals surface area contributed by atoms with Gasteiger partial charge >= 0.3 is 0 Å². The number of nitrogens with zero attached hydrogens (tertiary/aromatic N) is 5. The number of hydrogen-bond donors (Lipinski definition) is 0. The molecule has 0 N–H and O–H groups in total. The molecule has 0 unspecified atom stereocenters. The third-order valence-corrected chi connectivity index (χ3v) is 4.74. The topological polar surface area (TPSA) is 74.8 Å². The second kappa shape index (κ2) is 5.77. The van der Waals surface area contributed by atoms with Crippen LogP contribution in [0.2, 0.25) is 5.15 Å². The van der Waals surface area contributed by atoms with E-state index in [0.29, 0.717) is 23.1 Å². The summed E-state index contributed by atoms with van der Waals surface area (Å²) in [6, 6.07) is 7.68. The average molecular weight is 340 g/mol. The molecule has 4 rings (SSSR count). The van der Waals surface area contributed by atoms with Gasteiger partial charge < -0.3 is 4.90 Å². The fourth-order valence-corrected chi connectivity index (χ4v) is 3.55. The number of pyridine rings is 1. The molecule has 1 aliphatic heterocycles. The number of carbonyl (C=O) groups excluding carboxylic acids is 1. The molecule has 1 aliphatic carbocycles. The van der Waals surface area contributed by atoms with Crippen LogP contribution in [0.4, 0.5) is 0 Å². The predicted octanol–water partition coefficient (Wildman–Crippen LogP) is 2.24. The van der Waals surface area contributed by atoms with Crippen molar-refractivity contribution in [3.8, 4) is 6.07 Å². The number of allylic oxidation sites excluding steroid dienone is 1. The lowest BCUT2D eigenvalue weighted by Gasteiger charge is -2.27. The number of ketones is 1. The molecule has 7 heteroatoms. The number of likely N-dealkylation sites (tertiary alicyclic amines) is 1. The van der Waals surface area contributed by atoms with Crippen LogP contribution in [0, 0.1) is 11.3 Å². The first-order valence-corrected chi connectivity index (χ1v) is 8.12. The lowest BCUT2D eigenvalue weighted by Crippen LogP contribution is -2.28. The summed E-state index contributed by atoms with van der Waals surface area (Å²) in [5.74, 6) is -0.160. The third kappa shape index (κ3) is 2.38. The monoisotopic (exact) mass is 339 g/mol. The molecule has 1 fully saturated rings. The van der Waals surface area contributed by atoms with Gasteiger partial charge in [-0.3, -0.25) is 9.48 Å². The van der Waals surface area contributed by atoms with Crippen molar-refractivity contribution in [1.82, 2.24) is 19.7 Å². The van der Waals surface area contributed by atoms with Crippen molar-refractivity contribution >= 4 is 23.1 Å². The summed E-state index contributed by atoms with van der Waals surface area (Å²) in [7, 11) is 0. The summed E-state index contributed by atoms with van der Waals surface area (Å²) in [5.41, 5.74) is 2.26. The number of rotatable bonds is 2. The Kier molecular flexibility index (Phi) is 3.58. The Morgan fingerprint density at radius 2 is 2.25 bits per heavy atom. The normalized spacial score (nSPS) is 20.2. The van der Waals surface area contributed by atoms with Crippen molar-refractivity contribution in [3.63, 3.8) is 0 Å².